The van der Waals surface area contributed by atoms with Crippen LogP contribution in [0.3, 0.4) is 0 Å². The number of pyridine rings is 8. The second-order valence-corrected chi connectivity index (χ2v) is 39.0. The smallest absolute Gasteiger partial charge is 0.213 e. The first-order valence-electron chi connectivity index (χ1n) is 41.5. The summed E-state index contributed by atoms with van der Waals surface area (Å²) in [5.74, 6) is 3.91. The fraction of sp³-hybridized carbons (Fsp3) is 0.470. The maximum Gasteiger partial charge on any atom is 0.213 e. The fourth-order valence-electron chi connectivity index (χ4n) is 11.6. The molecule has 12 rings (SSSR count). The summed E-state index contributed by atoms with van der Waals surface area (Å²) in [6, 6.07) is 40.2. The number of hydrogen-bond acceptors (Lipinski definition) is 17. The van der Waals surface area contributed by atoms with Crippen molar-refractivity contribution < 1.29 is 18.9 Å². The van der Waals surface area contributed by atoms with Crippen LogP contribution in [0.5, 0.6) is 23.1 Å². The van der Waals surface area contributed by atoms with Crippen LogP contribution in [0.4, 0.5) is 0 Å². The third-order valence-corrected chi connectivity index (χ3v) is 18.9. The summed E-state index contributed by atoms with van der Waals surface area (Å²) in [6.45, 7) is 68.6. The van der Waals surface area contributed by atoms with E-state index >= 15 is 0 Å². The van der Waals surface area contributed by atoms with Gasteiger partial charge < -0.3 is 18.9 Å². The van der Waals surface area contributed by atoms with Gasteiger partial charge in [-0.15, -0.1) is 9.59 Å². The van der Waals surface area contributed by atoms with Gasteiger partial charge in [0.2, 0.25) is 5.88 Å². The highest BCUT2D eigenvalue weighted by Gasteiger charge is 2.26. The predicted octanol–water partition coefficient (Wildman–Crippen LogP) is 24.1. The summed E-state index contributed by atoms with van der Waals surface area (Å²) in [6.07, 6.45) is 21.7. The van der Waals surface area contributed by atoms with Crippen LogP contribution < -0.4 is 18.9 Å². The number of aryl methyl sites for hydroxylation is 4. The van der Waals surface area contributed by atoms with E-state index < -0.39 is 0 Å². The Hall–Kier alpha value is -10.6. The summed E-state index contributed by atoms with van der Waals surface area (Å²) < 4.78 is 22.4. The molecule has 0 aliphatic carbocycles. The van der Waals surface area contributed by atoms with Gasteiger partial charge in [-0.1, -0.05) is 243 Å². The predicted molar refractivity (Wildman–Crippen MR) is 500 cm³/mol. The number of benzene rings is 1. The molecule has 0 saturated heterocycles. The van der Waals surface area contributed by atoms with Crippen molar-refractivity contribution in [2.75, 3.05) is 28.4 Å². The quantitative estimate of drug-likeness (QED) is 0.131. The second kappa shape index (κ2) is 45.3. The van der Waals surface area contributed by atoms with Crippen LogP contribution in [0.25, 0.3) is 17.2 Å². The highest BCUT2D eigenvalue weighted by molar-refractivity contribution is 6.32. The fourth-order valence-corrected chi connectivity index (χ4v) is 12.1. The maximum absolute atomic E-state index is 6.11. The number of halogens is 1. The van der Waals surface area contributed by atoms with Crippen molar-refractivity contribution in [1.82, 2.24) is 79.6 Å². The van der Waals surface area contributed by atoms with Crippen LogP contribution in [0.15, 0.2) is 189 Å². The molecule has 12 aromatic rings. The highest BCUT2D eigenvalue weighted by Crippen LogP contribution is 2.35. The average Bonchev–Trinajstić information content (AvgIpc) is 1.79. The molecule has 0 radical (unpaired) electrons. The maximum atomic E-state index is 6.11. The van der Waals surface area contributed by atoms with E-state index in [0.29, 0.717) is 16.7 Å². The van der Waals surface area contributed by atoms with E-state index in [0.717, 1.165) is 87.0 Å². The molecule has 0 aliphatic rings. The molecule has 0 atom stereocenters. The average molecular weight is 1670 g/mol. The molecule has 0 bridgehead atoms. The summed E-state index contributed by atoms with van der Waals surface area (Å²) in [4.78, 5) is 38.4. The second-order valence-electron chi connectivity index (χ2n) is 38.7. The van der Waals surface area contributed by atoms with Gasteiger partial charge >= 0.3 is 0 Å². The largest absolute Gasteiger partial charge is 0.497 e. The number of nitrogens with zero attached hydrogens (tertiary/aromatic N) is 16. The number of hydrogen-bond donors (Lipinski definition) is 0. The molecule has 654 valence electrons. The van der Waals surface area contributed by atoms with Gasteiger partial charge in [0.1, 0.15) is 28.0 Å². The minimum Gasteiger partial charge on any atom is -0.497 e. The first-order valence-corrected chi connectivity index (χ1v) is 41.9. The number of aromatic nitrogens is 16. The minimum atomic E-state index is -0.0500. The third kappa shape index (κ3) is 34.1. The Balaban J connectivity index is 0.000000286. The van der Waals surface area contributed by atoms with Gasteiger partial charge in [0.15, 0.2) is 5.82 Å². The van der Waals surface area contributed by atoms with Crippen molar-refractivity contribution in [2.45, 2.75) is 283 Å². The molecule has 20 nitrogen and oxygen atoms in total. The van der Waals surface area contributed by atoms with Crippen molar-refractivity contribution >= 4 is 11.6 Å². The van der Waals surface area contributed by atoms with E-state index in [1.165, 1.54) is 38.4 Å². The van der Waals surface area contributed by atoms with Crippen molar-refractivity contribution in [3.8, 4) is 40.3 Å². The summed E-state index contributed by atoms with van der Waals surface area (Å²) in [7, 11) is 6.60. The minimum absolute atomic E-state index is 0.0189. The van der Waals surface area contributed by atoms with E-state index in [9.17, 15) is 0 Å². The Morgan fingerprint density at radius 2 is 0.835 bits per heavy atom. The molecule has 1 aromatic carbocycles. The molecule has 0 saturated carbocycles. The summed E-state index contributed by atoms with van der Waals surface area (Å²) in [5.41, 5.74) is 18.9. The van der Waals surface area contributed by atoms with Gasteiger partial charge in [-0.05, 0) is 134 Å². The first-order chi connectivity index (χ1) is 56.1. The van der Waals surface area contributed by atoms with Gasteiger partial charge in [0, 0.05) is 145 Å². The molecule has 121 heavy (non-hydrogen) atoms. The Morgan fingerprint density at radius 1 is 0.347 bits per heavy atom. The van der Waals surface area contributed by atoms with Crippen molar-refractivity contribution in [1.29, 1.82) is 0 Å². The standard InChI is InChI=1S/C13H16N2.C12H16N4.C12H19N.C11H14N4.C11H17NO.C11H17N.C10H14ClNO.2C10H15NO/c1-13(2,3)11-6-4-7-12(10-11)15-9-5-8-14-15;1-9-5-6-10(16-13-7-8-14-16)11(15-9)12(2,3)4;1-6-10-7-9(2)11(13-8-10)12(3,4)5;1-11(2,3)9-5-4-6-10(14-9)15-12-7-8-13-15;1-8-9(13-5)6-7-12-10(8)11(2,3)4;1-5-9-6-7-12-10(8-9)11(2,3)4;1-10(2,3)9-8(11)7(13-4)5-6-12-9;1-10(2,3)9-7-8(12-4)5-6-11-9;1-10(2,3)8-6-5-7-9(11-8)12-4/h4-10H,1-3H3;5-8H,1-4H3;7-8H,6H2,1-5H3;4-8H,1-3H3;6-7H,1-5H3;6-8H,5H2,1-4H3;5-6H,1-4H3;2*5-7H,1-4H3. The van der Waals surface area contributed by atoms with Gasteiger partial charge in [-0.3, -0.25) is 29.9 Å². The zero-order valence-corrected chi connectivity index (χ0v) is 80.7. The summed E-state index contributed by atoms with van der Waals surface area (Å²) >= 11 is 6.11. The Bertz CT molecular complexity index is 4750. The van der Waals surface area contributed by atoms with Crippen LogP contribution in [0.2, 0.25) is 5.02 Å². The molecule has 21 heteroatoms. The van der Waals surface area contributed by atoms with Crippen molar-refractivity contribution in [3.05, 3.63) is 274 Å². The molecular weight excluding hydrogens is 1520 g/mol. The molecule has 11 heterocycles. The number of methoxy groups -OCH3 is 4. The molecule has 0 N–H and O–H groups in total. The molecule has 0 aliphatic heterocycles. The van der Waals surface area contributed by atoms with Crippen LogP contribution in [-0.4, -0.2) is 108 Å². The van der Waals surface area contributed by atoms with Gasteiger partial charge in [-0.25, -0.2) is 14.6 Å². The zero-order chi connectivity index (χ0) is 91.3. The van der Waals surface area contributed by atoms with E-state index in [1.807, 2.05) is 110 Å². The molecular formula is C100H143ClN16O4. The van der Waals surface area contributed by atoms with Crippen LogP contribution in [0, 0.1) is 20.8 Å². The first kappa shape index (κ1) is 103. The molecule has 0 amide bonds. The van der Waals surface area contributed by atoms with Crippen LogP contribution >= 0.6 is 11.6 Å². The van der Waals surface area contributed by atoms with E-state index in [1.54, 1.807) is 88.9 Å². The lowest BCUT2D eigenvalue weighted by Gasteiger charge is -2.21. The molecule has 0 fully saturated rings. The van der Waals surface area contributed by atoms with E-state index in [-0.39, 0.29) is 48.7 Å². The highest BCUT2D eigenvalue weighted by atomic mass is 35.5. The number of rotatable bonds is 9. The van der Waals surface area contributed by atoms with Crippen LogP contribution in [0.1, 0.15) is 280 Å². The molecule has 11 aromatic heterocycles. The van der Waals surface area contributed by atoms with Gasteiger partial charge in [0.25, 0.3) is 0 Å². The van der Waals surface area contributed by atoms with Gasteiger partial charge in [-0.2, -0.15) is 25.5 Å². The Morgan fingerprint density at radius 3 is 1.31 bits per heavy atom. The van der Waals surface area contributed by atoms with Crippen molar-refractivity contribution in [2.24, 2.45) is 0 Å². The molecule has 0 unspecified atom stereocenters. The Kier molecular flexibility index (Phi) is 38.5. The lowest BCUT2D eigenvalue weighted by Crippen LogP contribution is -2.19. The van der Waals surface area contributed by atoms with Crippen molar-refractivity contribution in [3.63, 3.8) is 0 Å². The summed E-state index contributed by atoms with van der Waals surface area (Å²) in [5, 5.41) is 21.3. The molecule has 0 spiro atoms. The SMILES string of the molecule is CC(C)(C)c1cccc(-n2cccn2)c1.CC(C)(C)c1cccc(-n2nccn2)n1.CCc1ccnc(C(C)(C)C)c1.CCc1cnc(C(C)(C)C)c(C)c1.COc1cccc(C(C)(C)C)n1.COc1ccnc(C(C)(C)C)c1.COc1ccnc(C(C)(C)C)c1C.COc1ccnc(C(C)(C)C)c1Cl.Cc1ccc(-n2nccn2)c(C(C)(C)C)n1. The van der Waals surface area contributed by atoms with E-state index in [4.69, 9.17) is 30.5 Å². The van der Waals surface area contributed by atoms with Crippen LogP contribution in [-0.2, 0) is 61.6 Å². The topological polar surface area (TPSA) is 219 Å². The monoisotopic (exact) mass is 1670 g/mol. The zero-order valence-electron chi connectivity index (χ0n) is 80.0. The Labute approximate surface area is 731 Å². The third-order valence-electron chi connectivity index (χ3n) is 18.5. The van der Waals surface area contributed by atoms with E-state index in [2.05, 4.69) is 316 Å². The lowest BCUT2D eigenvalue weighted by atomic mass is 9.87. The normalized spacial score (nSPS) is 11.6. The van der Waals surface area contributed by atoms with Gasteiger partial charge in [0.05, 0.1) is 76.0 Å². The number of ether oxygens (including phenoxy) is 4. The lowest BCUT2D eigenvalue weighted by molar-refractivity contribution is 0.392.